The molecule has 0 spiro atoms. The first-order chi connectivity index (χ1) is 10.6. The van der Waals surface area contributed by atoms with E-state index in [-0.39, 0.29) is 17.7 Å². The SMILES string of the molecule is CNC(=O)c1ccc(Cl)cc1NC(=O)C1Cc2ccccc21. The molecule has 0 heterocycles. The Morgan fingerprint density at radius 2 is 1.95 bits per heavy atom. The van der Waals surface area contributed by atoms with Gasteiger partial charge in [0.1, 0.15) is 0 Å². The summed E-state index contributed by atoms with van der Waals surface area (Å²) < 4.78 is 0. The molecule has 2 aromatic rings. The topological polar surface area (TPSA) is 58.2 Å². The Balaban J connectivity index is 1.83. The van der Waals surface area contributed by atoms with E-state index in [4.69, 9.17) is 11.6 Å². The summed E-state index contributed by atoms with van der Waals surface area (Å²) in [4.78, 5) is 24.3. The molecule has 1 aliphatic rings. The van der Waals surface area contributed by atoms with Crippen molar-refractivity contribution < 1.29 is 9.59 Å². The van der Waals surface area contributed by atoms with Crippen molar-refractivity contribution in [2.75, 3.05) is 12.4 Å². The zero-order chi connectivity index (χ0) is 15.7. The fourth-order valence-corrected chi connectivity index (χ4v) is 2.84. The molecular formula is C17H15ClN2O2. The van der Waals surface area contributed by atoms with Crippen LogP contribution in [-0.2, 0) is 11.2 Å². The summed E-state index contributed by atoms with van der Waals surface area (Å²) >= 11 is 5.97. The second-order valence-electron chi connectivity index (χ2n) is 5.21. The lowest BCUT2D eigenvalue weighted by atomic mass is 9.77. The van der Waals surface area contributed by atoms with Crippen LogP contribution in [0.25, 0.3) is 0 Å². The third-order valence-corrected chi connectivity index (χ3v) is 4.12. The molecule has 2 aromatic carbocycles. The zero-order valence-corrected chi connectivity index (χ0v) is 12.8. The average Bonchev–Trinajstić information content (AvgIpc) is 2.48. The van der Waals surface area contributed by atoms with Gasteiger partial charge in [0.05, 0.1) is 17.2 Å². The lowest BCUT2D eigenvalue weighted by molar-refractivity contribution is -0.118. The van der Waals surface area contributed by atoms with E-state index in [2.05, 4.69) is 10.6 Å². The van der Waals surface area contributed by atoms with Crippen molar-refractivity contribution in [1.29, 1.82) is 0 Å². The van der Waals surface area contributed by atoms with Crippen LogP contribution in [-0.4, -0.2) is 18.9 Å². The van der Waals surface area contributed by atoms with Gasteiger partial charge in [-0.2, -0.15) is 0 Å². The van der Waals surface area contributed by atoms with E-state index in [0.29, 0.717) is 16.3 Å². The molecule has 5 heteroatoms. The number of hydrogen-bond acceptors (Lipinski definition) is 2. The Hall–Kier alpha value is -2.33. The van der Waals surface area contributed by atoms with Gasteiger partial charge < -0.3 is 10.6 Å². The predicted molar refractivity (Wildman–Crippen MR) is 86.4 cm³/mol. The summed E-state index contributed by atoms with van der Waals surface area (Å²) in [6.45, 7) is 0. The van der Waals surface area contributed by atoms with E-state index in [1.54, 1.807) is 25.2 Å². The van der Waals surface area contributed by atoms with Crippen LogP contribution in [0.2, 0.25) is 5.02 Å². The average molecular weight is 315 g/mol. The van der Waals surface area contributed by atoms with Gasteiger partial charge in [-0.05, 0) is 35.7 Å². The molecule has 0 radical (unpaired) electrons. The van der Waals surface area contributed by atoms with Crippen molar-refractivity contribution in [3.63, 3.8) is 0 Å². The Morgan fingerprint density at radius 3 is 2.68 bits per heavy atom. The van der Waals surface area contributed by atoms with Crippen LogP contribution >= 0.6 is 11.6 Å². The van der Waals surface area contributed by atoms with Gasteiger partial charge in [0.25, 0.3) is 5.91 Å². The van der Waals surface area contributed by atoms with E-state index >= 15 is 0 Å². The van der Waals surface area contributed by atoms with Gasteiger partial charge in [-0.25, -0.2) is 0 Å². The second kappa shape index (κ2) is 5.81. The van der Waals surface area contributed by atoms with E-state index in [9.17, 15) is 9.59 Å². The molecule has 4 nitrogen and oxygen atoms in total. The molecule has 22 heavy (non-hydrogen) atoms. The quantitative estimate of drug-likeness (QED) is 0.915. The van der Waals surface area contributed by atoms with Crippen molar-refractivity contribution in [2.45, 2.75) is 12.3 Å². The molecule has 0 saturated carbocycles. The van der Waals surface area contributed by atoms with Gasteiger partial charge in [0.15, 0.2) is 0 Å². The maximum Gasteiger partial charge on any atom is 0.253 e. The number of amides is 2. The van der Waals surface area contributed by atoms with Crippen LogP contribution in [0.1, 0.15) is 27.4 Å². The third-order valence-electron chi connectivity index (χ3n) is 3.88. The number of carbonyl (C=O) groups is 2. The van der Waals surface area contributed by atoms with Crippen molar-refractivity contribution >= 4 is 29.1 Å². The number of hydrogen-bond donors (Lipinski definition) is 2. The molecule has 2 N–H and O–H groups in total. The molecule has 112 valence electrons. The van der Waals surface area contributed by atoms with Gasteiger partial charge in [0, 0.05) is 12.1 Å². The maximum atomic E-state index is 12.4. The van der Waals surface area contributed by atoms with E-state index in [1.165, 1.54) is 5.56 Å². The van der Waals surface area contributed by atoms with Gasteiger partial charge in [0.2, 0.25) is 5.91 Å². The van der Waals surface area contributed by atoms with Crippen molar-refractivity contribution in [1.82, 2.24) is 5.32 Å². The summed E-state index contributed by atoms with van der Waals surface area (Å²) in [5.41, 5.74) is 3.07. The molecule has 0 fully saturated rings. The predicted octanol–water partition coefficient (Wildman–Crippen LogP) is 2.98. The van der Waals surface area contributed by atoms with E-state index < -0.39 is 0 Å². The normalized spacial score (nSPS) is 15.5. The number of rotatable bonds is 3. The van der Waals surface area contributed by atoms with Crippen LogP contribution in [0.3, 0.4) is 0 Å². The van der Waals surface area contributed by atoms with Gasteiger partial charge in [-0.3, -0.25) is 9.59 Å². The van der Waals surface area contributed by atoms with Crippen LogP contribution in [0, 0.1) is 0 Å². The van der Waals surface area contributed by atoms with Gasteiger partial charge in [-0.1, -0.05) is 35.9 Å². The summed E-state index contributed by atoms with van der Waals surface area (Å²) in [7, 11) is 1.55. The summed E-state index contributed by atoms with van der Waals surface area (Å²) in [6, 6.07) is 12.7. The van der Waals surface area contributed by atoms with E-state index in [0.717, 1.165) is 12.0 Å². The van der Waals surface area contributed by atoms with Crippen LogP contribution in [0.15, 0.2) is 42.5 Å². The lowest BCUT2D eigenvalue weighted by Gasteiger charge is -2.29. The number of anilines is 1. The Bertz CT molecular complexity index is 758. The highest BCUT2D eigenvalue weighted by molar-refractivity contribution is 6.31. The van der Waals surface area contributed by atoms with Gasteiger partial charge in [-0.15, -0.1) is 0 Å². The molecule has 3 rings (SSSR count). The summed E-state index contributed by atoms with van der Waals surface area (Å²) in [5, 5.41) is 5.85. The van der Waals surface area contributed by atoms with Crippen LogP contribution in [0.5, 0.6) is 0 Å². The molecular weight excluding hydrogens is 300 g/mol. The Morgan fingerprint density at radius 1 is 1.18 bits per heavy atom. The van der Waals surface area contributed by atoms with Crippen molar-refractivity contribution in [2.24, 2.45) is 0 Å². The highest BCUT2D eigenvalue weighted by Crippen LogP contribution is 2.36. The molecule has 2 amide bonds. The van der Waals surface area contributed by atoms with Crippen molar-refractivity contribution in [3.05, 3.63) is 64.2 Å². The number of fused-ring (bicyclic) bond motifs is 1. The van der Waals surface area contributed by atoms with Crippen molar-refractivity contribution in [3.8, 4) is 0 Å². The molecule has 0 saturated heterocycles. The molecule has 1 unspecified atom stereocenters. The first-order valence-electron chi connectivity index (χ1n) is 7.00. The van der Waals surface area contributed by atoms with Crippen LogP contribution in [0.4, 0.5) is 5.69 Å². The Kier molecular flexibility index (Phi) is 3.86. The standard InChI is InChI=1S/C17H15ClN2O2/c1-19-16(21)13-7-6-11(18)9-15(13)20-17(22)14-8-10-4-2-3-5-12(10)14/h2-7,9,14H,8H2,1H3,(H,19,21)(H,20,22). The molecule has 1 atom stereocenters. The first kappa shape index (κ1) is 14.6. The highest BCUT2D eigenvalue weighted by Gasteiger charge is 2.32. The molecule has 0 aliphatic heterocycles. The molecule has 0 bridgehead atoms. The smallest absolute Gasteiger partial charge is 0.253 e. The first-order valence-corrected chi connectivity index (χ1v) is 7.38. The third kappa shape index (κ3) is 2.57. The Labute approximate surface area is 133 Å². The monoisotopic (exact) mass is 314 g/mol. The number of halogens is 1. The second-order valence-corrected chi connectivity index (χ2v) is 5.65. The highest BCUT2D eigenvalue weighted by atomic mass is 35.5. The minimum atomic E-state index is -0.263. The fourth-order valence-electron chi connectivity index (χ4n) is 2.67. The van der Waals surface area contributed by atoms with E-state index in [1.807, 2.05) is 24.3 Å². The number of benzene rings is 2. The maximum absolute atomic E-state index is 12.4. The molecule has 1 aliphatic carbocycles. The lowest BCUT2D eigenvalue weighted by Crippen LogP contribution is -2.31. The van der Waals surface area contributed by atoms with Crippen LogP contribution < -0.4 is 10.6 Å². The number of carbonyl (C=O) groups excluding carboxylic acids is 2. The number of nitrogens with one attached hydrogen (secondary N) is 2. The fraction of sp³-hybridized carbons (Fsp3) is 0.176. The summed E-state index contributed by atoms with van der Waals surface area (Å²) in [6.07, 6.45) is 0.720. The largest absolute Gasteiger partial charge is 0.355 e. The minimum absolute atomic E-state index is 0.119. The molecule has 0 aromatic heterocycles. The minimum Gasteiger partial charge on any atom is -0.355 e. The zero-order valence-electron chi connectivity index (χ0n) is 12.0. The summed E-state index contributed by atoms with van der Waals surface area (Å²) in [5.74, 6) is -0.556. The van der Waals surface area contributed by atoms with Gasteiger partial charge >= 0.3 is 0 Å².